The zero-order chi connectivity index (χ0) is 24.8. The maximum Gasteiger partial charge on any atom is 0.412 e. The molecule has 0 radical (unpaired) electrons. The lowest BCUT2D eigenvalue weighted by atomic mass is 9.98. The molecule has 1 aliphatic rings. The van der Waals surface area contributed by atoms with Gasteiger partial charge in [-0.2, -0.15) is 0 Å². The molecule has 0 saturated carbocycles. The topological polar surface area (TPSA) is 153 Å². The van der Waals surface area contributed by atoms with Gasteiger partial charge in [0.15, 0.2) is 0 Å². The summed E-state index contributed by atoms with van der Waals surface area (Å²) in [6, 6.07) is 14.7. The van der Waals surface area contributed by atoms with Crippen LogP contribution in [0.25, 0.3) is 11.1 Å². The minimum Gasteiger partial charge on any atom is -0.480 e. The Morgan fingerprint density at radius 1 is 1.06 bits per heavy atom. The van der Waals surface area contributed by atoms with Crippen LogP contribution in [0.1, 0.15) is 40.4 Å². The molecular formula is C24H24N4O7. The monoisotopic (exact) mass is 480 g/mol. The highest BCUT2D eigenvalue weighted by Crippen LogP contribution is 2.44. The fourth-order valence-corrected chi connectivity index (χ4v) is 4.07. The van der Waals surface area contributed by atoms with Crippen LogP contribution in [0.3, 0.4) is 0 Å². The second kappa shape index (κ2) is 10.8. The largest absolute Gasteiger partial charge is 0.480 e. The number of nitrogens with zero attached hydrogens (tertiary/aromatic N) is 2. The molecule has 0 aliphatic heterocycles. The number of carbonyl (C=O) groups excluding carboxylic acids is 2. The van der Waals surface area contributed by atoms with E-state index in [0.29, 0.717) is 13.0 Å². The summed E-state index contributed by atoms with van der Waals surface area (Å²) in [7, 11) is 1.50. The molecule has 182 valence electrons. The molecule has 4 rings (SSSR count). The van der Waals surface area contributed by atoms with Gasteiger partial charge in [-0.15, -0.1) is 0 Å². The number of amides is 2. The third-order valence-electron chi connectivity index (χ3n) is 5.71. The summed E-state index contributed by atoms with van der Waals surface area (Å²) >= 11 is 0. The van der Waals surface area contributed by atoms with Gasteiger partial charge in [0.25, 0.3) is 5.91 Å². The first-order valence-corrected chi connectivity index (χ1v) is 11.0. The van der Waals surface area contributed by atoms with Gasteiger partial charge in [0.1, 0.15) is 12.6 Å². The first-order chi connectivity index (χ1) is 17.0. The Bertz CT molecular complexity index is 1180. The van der Waals surface area contributed by atoms with Gasteiger partial charge in [-0.3, -0.25) is 10.1 Å². The molecule has 11 heteroatoms. The van der Waals surface area contributed by atoms with E-state index in [1.807, 2.05) is 48.5 Å². The Morgan fingerprint density at radius 2 is 1.71 bits per heavy atom. The molecule has 35 heavy (non-hydrogen) atoms. The van der Waals surface area contributed by atoms with Crippen molar-refractivity contribution < 1.29 is 33.6 Å². The molecule has 1 aromatic heterocycles. The quantitative estimate of drug-likeness (QED) is 0.372. The van der Waals surface area contributed by atoms with Crippen LogP contribution in [-0.4, -0.2) is 59.8 Å². The highest BCUT2D eigenvalue weighted by molar-refractivity contribution is 6.01. The number of hydrogen-bond donors (Lipinski definition) is 3. The third-order valence-corrected chi connectivity index (χ3v) is 5.71. The van der Waals surface area contributed by atoms with Crippen molar-refractivity contribution in [2.24, 2.45) is 0 Å². The van der Waals surface area contributed by atoms with Crippen LogP contribution in [0.5, 0.6) is 0 Å². The van der Waals surface area contributed by atoms with E-state index < -0.39 is 24.0 Å². The summed E-state index contributed by atoms with van der Waals surface area (Å²) in [6.07, 6.45) is -0.281. The lowest BCUT2D eigenvalue weighted by molar-refractivity contribution is -0.139. The van der Waals surface area contributed by atoms with E-state index in [2.05, 4.69) is 25.6 Å². The predicted molar refractivity (Wildman–Crippen MR) is 123 cm³/mol. The summed E-state index contributed by atoms with van der Waals surface area (Å²) in [6.45, 7) is 0.410. The van der Waals surface area contributed by atoms with Crippen LogP contribution in [-0.2, 0) is 14.3 Å². The fraction of sp³-hybridized carbons (Fsp3) is 0.292. The zero-order valence-corrected chi connectivity index (χ0v) is 18.9. The number of anilines is 1. The number of ether oxygens (including phenoxy) is 2. The number of rotatable bonds is 10. The first-order valence-electron chi connectivity index (χ1n) is 11.0. The molecule has 11 nitrogen and oxygen atoms in total. The van der Waals surface area contributed by atoms with E-state index >= 15 is 0 Å². The predicted octanol–water partition coefficient (Wildman–Crippen LogP) is 3.04. The van der Waals surface area contributed by atoms with Gasteiger partial charge in [0.05, 0.1) is 0 Å². The van der Waals surface area contributed by atoms with Crippen LogP contribution in [0.15, 0.2) is 53.2 Å². The van der Waals surface area contributed by atoms with E-state index in [4.69, 9.17) is 9.47 Å². The van der Waals surface area contributed by atoms with Gasteiger partial charge in [0, 0.05) is 19.6 Å². The van der Waals surface area contributed by atoms with E-state index in [0.717, 1.165) is 22.3 Å². The molecule has 3 aromatic rings. The summed E-state index contributed by atoms with van der Waals surface area (Å²) in [4.78, 5) is 36.5. The first kappa shape index (κ1) is 23.9. The fourth-order valence-electron chi connectivity index (χ4n) is 4.07. The highest BCUT2D eigenvalue weighted by atomic mass is 16.6. The molecule has 3 N–H and O–H groups in total. The third kappa shape index (κ3) is 5.30. The molecule has 0 spiro atoms. The lowest BCUT2D eigenvalue weighted by Crippen LogP contribution is -2.41. The number of carboxylic acid groups (broad SMARTS) is 1. The number of fused-ring (bicyclic) bond motifs is 3. The summed E-state index contributed by atoms with van der Waals surface area (Å²) in [5.41, 5.74) is 3.93. The normalized spacial score (nSPS) is 12.9. The SMILES string of the molecule is COCCCC(NC(=O)c1nonc1NC(=O)OCC1c2ccccc2-c2ccccc21)C(=O)O. The summed E-state index contributed by atoms with van der Waals surface area (Å²) in [5, 5.41) is 21.0. The highest BCUT2D eigenvalue weighted by Gasteiger charge is 2.30. The Hall–Kier alpha value is -4.25. The molecule has 0 bridgehead atoms. The number of carbonyl (C=O) groups is 3. The molecule has 0 fully saturated rings. The molecule has 0 saturated heterocycles. The van der Waals surface area contributed by atoms with E-state index in [1.54, 1.807) is 0 Å². The average Bonchev–Trinajstić information content (AvgIpc) is 3.44. The van der Waals surface area contributed by atoms with Crippen LogP contribution in [0, 0.1) is 0 Å². The number of benzene rings is 2. The number of hydrogen-bond acceptors (Lipinski definition) is 8. The Labute approximate surface area is 200 Å². The molecule has 1 aliphatic carbocycles. The van der Waals surface area contributed by atoms with Crippen LogP contribution < -0.4 is 10.6 Å². The molecule has 1 heterocycles. The van der Waals surface area contributed by atoms with Crippen molar-refractivity contribution in [3.8, 4) is 11.1 Å². The van der Waals surface area contributed by atoms with Crippen molar-refractivity contribution in [1.82, 2.24) is 15.6 Å². The second-order valence-corrected chi connectivity index (χ2v) is 7.91. The van der Waals surface area contributed by atoms with Gasteiger partial charge in [0.2, 0.25) is 11.5 Å². The lowest BCUT2D eigenvalue weighted by Gasteiger charge is -2.14. The number of methoxy groups -OCH3 is 1. The molecule has 2 amide bonds. The maximum absolute atomic E-state index is 12.5. The van der Waals surface area contributed by atoms with Crippen molar-refractivity contribution in [2.45, 2.75) is 24.8 Å². The van der Waals surface area contributed by atoms with E-state index in [9.17, 15) is 19.5 Å². The number of aromatic nitrogens is 2. The molecular weight excluding hydrogens is 456 g/mol. The van der Waals surface area contributed by atoms with Crippen molar-refractivity contribution in [2.75, 3.05) is 25.6 Å². The van der Waals surface area contributed by atoms with Gasteiger partial charge in [-0.1, -0.05) is 48.5 Å². The van der Waals surface area contributed by atoms with Crippen molar-refractivity contribution >= 4 is 23.8 Å². The maximum atomic E-state index is 12.5. The van der Waals surface area contributed by atoms with Crippen molar-refractivity contribution in [3.05, 3.63) is 65.4 Å². The van der Waals surface area contributed by atoms with Gasteiger partial charge in [-0.25, -0.2) is 14.2 Å². The second-order valence-electron chi connectivity index (χ2n) is 7.91. The Morgan fingerprint density at radius 3 is 2.34 bits per heavy atom. The van der Waals surface area contributed by atoms with Crippen molar-refractivity contribution in [3.63, 3.8) is 0 Å². The minimum absolute atomic E-state index is 0.0628. The van der Waals surface area contributed by atoms with E-state index in [-0.39, 0.29) is 30.5 Å². The minimum atomic E-state index is -1.21. The summed E-state index contributed by atoms with van der Waals surface area (Å²) in [5.74, 6) is -2.49. The Balaban J connectivity index is 1.38. The zero-order valence-electron chi connectivity index (χ0n) is 18.9. The number of aliphatic carboxylic acids is 1. The van der Waals surface area contributed by atoms with Crippen LogP contribution >= 0.6 is 0 Å². The van der Waals surface area contributed by atoms with Crippen LogP contribution in [0.4, 0.5) is 10.6 Å². The number of nitrogens with one attached hydrogen (secondary N) is 2. The summed E-state index contributed by atoms with van der Waals surface area (Å²) < 4.78 is 14.9. The molecule has 1 atom stereocenters. The van der Waals surface area contributed by atoms with Crippen molar-refractivity contribution in [1.29, 1.82) is 0 Å². The Kier molecular flexibility index (Phi) is 7.36. The smallest absolute Gasteiger partial charge is 0.412 e. The molecule has 2 aromatic carbocycles. The molecule has 1 unspecified atom stereocenters. The standard InChI is InChI=1S/C24H24N4O7/c1-33-12-6-11-19(23(30)31)25-22(29)20-21(28-35-27-20)26-24(32)34-13-18-16-9-4-2-7-14(16)15-8-3-5-10-17(15)18/h2-5,7-10,18-19H,6,11-13H2,1H3,(H,25,29)(H,30,31)(H,26,28,32). The van der Waals surface area contributed by atoms with Crippen LogP contribution in [0.2, 0.25) is 0 Å². The van der Waals surface area contributed by atoms with Gasteiger partial charge < -0.3 is 19.9 Å². The van der Waals surface area contributed by atoms with E-state index in [1.165, 1.54) is 7.11 Å². The number of carboxylic acids is 1. The van der Waals surface area contributed by atoms with Gasteiger partial charge >= 0.3 is 12.1 Å². The van der Waals surface area contributed by atoms with Gasteiger partial charge in [-0.05, 0) is 45.4 Å². The average molecular weight is 480 g/mol.